The summed E-state index contributed by atoms with van der Waals surface area (Å²) in [6, 6.07) is 0. The number of nitrogens with one attached hydrogen (secondary N) is 1. The van der Waals surface area contributed by atoms with E-state index < -0.39 is 5.97 Å². The molecule has 1 aromatic rings. The molecular formula is C8H11N3O2. The number of carbonyl (C=O) groups is 1. The van der Waals surface area contributed by atoms with E-state index in [-0.39, 0.29) is 11.8 Å². The first-order valence-electron chi connectivity index (χ1n) is 4.37. The molecule has 0 amide bonds. The summed E-state index contributed by atoms with van der Waals surface area (Å²) in [7, 11) is 0. The van der Waals surface area contributed by atoms with Gasteiger partial charge in [-0.15, -0.1) is 0 Å². The molecule has 1 saturated carbocycles. The number of H-pyrrole nitrogens is 1. The lowest BCUT2D eigenvalue weighted by Crippen LogP contribution is -2.17. The minimum atomic E-state index is -0.723. The summed E-state index contributed by atoms with van der Waals surface area (Å²) in [6.07, 6.45) is 4.03. The van der Waals surface area contributed by atoms with Gasteiger partial charge in [-0.05, 0) is 12.8 Å². The fourth-order valence-corrected chi connectivity index (χ4v) is 1.98. The highest BCUT2D eigenvalue weighted by atomic mass is 16.4. The Morgan fingerprint density at radius 3 is 3.08 bits per heavy atom. The van der Waals surface area contributed by atoms with Gasteiger partial charge in [-0.1, -0.05) is 6.42 Å². The molecule has 0 radical (unpaired) electrons. The Morgan fingerprint density at radius 1 is 1.62 bits per heavy atom. The van der Waals surface area contributed by atoms with Crippen LogP contribution >= 0.6 is 0 Å². The summed E-state index contributed by atoms with van der Waals surface area (Å²) < 4.78 is 0. The zero-order valence-electron chi connectivity index (χ0n) is 7.10. The van der Waals surface area contributed by atoms with E-state index in [0.717, 1.165) is 19.3 Å². The van der Waals surface area contributed by atoms with Crippen LogP contribution in [0.3, 0.4) is 0 Å². The normalized spacial score (nSPS) is 27.7. The Kier molecular flexibility index (Phi) is 2.00. The summed E-state index contributed by atoms with van der Waals surface area (Å²) in [5.74, 6) is -0.267. The van der Waals surface area contributed by atoms with E-state index in [9.17, 15) is 4.79 Å². The van der Waals surface area contributed by atoms with Crippen LogP contribution in [0.2, 0.25) is 0 Å². The van der Waals surface area contributed by atoms with Gasteiger partial charge >= 0.3 is 5.97 Å². The number of rotatable bonds is 2. The SMILES string of the molecule is O=C(O)C1CCCC1c1ncn[nH]1. The van der Waals surface area contributed by atoms with Gasteiger partial charge in [-0.2, -0.15) is 5.10 Å². The van der Waals surface area contributed by atoms with Gasteiger partial charge in [0.15, 0.2) is 0 Å². The molecule has 1 aliphatic carbocycles. The number of aromatic amines is 1. The topological polar surface area (TPSA) is 78.9 Å². The third kappa shape index (κ3) is 1.41. The second kappa shape index (κ2) is 3.16. The van der Waals surface area contributed by atoms with Gasteiger partial charge in [0, 0.05) is 5.92 Å². The molecule has 2 rings (SSSR count). The van der Waals surface area contributed by atoms with Crippen LogP contribution < -0.4 is 0 Å². The number of carboxylic acid groups (broad SMARTS) is 1. The second-order valence-corrected chi connectivity index (χ2v) is 3.35. The van der Waals surface area contributed by atoms with Gasteiger partial charge < -0.3 is 5.11 Å². The molecule has 2 atom stereocenters. The maximum absolute atomic E-state index is 10.8. The summed E-state index contributed by atoms with van der Waals surface area (Å²) in [5.41, 5.74) is 0. The largest absolute Gasteiger partial charge is 0.481 e. The van der Waals surface area contributed by atoms with Gasteiger partial charge in [0.05, 0.1) is 5.92 Å². The van der Waals surface area contributed by atoms with Crippen LogP contribution in [-0.4, -0.2) is 26.3 Å². The van der Waals surface area contributed by atoms with E-state index in [2.05, 4.69) is 15.2 Å². The van der Waals surface area contributed by atoms with Crippen molar-refractivity contribution in [2.75, 3.05) is 0 Å². The third-order valence-corrected chi connectivity index (χ3v) is 2.62. The molecule has 0 aliphatic heterocycles. The second-order valence-electron chi connectivity index (χ2n) is 3.35. The van der Waals surface area contributed by atoms with E-state index in [1.807, 2.05) is 0 Å². The van der Waals surface area contributed by atoms with Crippen molar-refractivity contribution in [3.8, 4) is 0 Å². The van der Waals surface area contributed by atoms with E-state index in [1.54, 1.807) is 0 Å². The first-order valence-corrected chi connectivity index (χ1v) is 4.37. The summed E-state index contributed by atoms with van der Waals surface area (Å²) in [5, 5.41) is 15.4. The first-order chi connectivity index (χ1) is 6.29. The highest BCUT2D eigenvalue weighted by Crippen LogP contribution is 2.37. The molecule has 2 N–H and O–H groups in total. The molecule has 1 aromatic heterocycles. The molecule has 0 saturated heterocycles. The van der Waals surface area contributed by atoms with Crippen LogP contribution in [0, 0.1) is 5.92 Å². The number of carboxylic acids is 1. The molecule has 70 valence electrons. The number of hydrogen-bond donors (Lipinski definition) is 2. The fourth-order valence-electron chi connectivity index (χ4n) is 1.98. The average molecular weight is 181 g/mol. The Bertz CT molecular complexity index is 296. The van der Waals surface area contributed by atoms with Crippen LogP contribution in [0.1, 0.15) is 31.0 Å². The van der Waals surface area contributed by atoms with E-state index in [4.69, 9.17) is 5.11 Å². The van der Waals surface area contributed by atoms with Crippen molar-refractivity contribution in [1.29, 1.82) is 0 Å². The quantitative estimate of drug-likeness (QED) is 0.706. The standard InChI is InChI=1S/C8H11N3O2/c12-8(13)6-3-1-2-5(6)7-9-4-10-11-7/h4-6H,1-3H2,(H,12,13)(H,9,10,11). The van der Waals surface area contributed by atoms with Crippen molar-refractivity contribution in [3.63, 3.8) is 0 Å². The Labute approximate surface area is 75.2 Å². The summed E-state index contributed by atoms with van der Waals surface area (Å²) in [4.78, 5) is 14.8. The smallest absolute Gasteiger partial charge is 0.307 e. The number of nitrogens with zero attached hydrogens (tertiary/aromatic N) is 2. The van der Waals surface area contributed by atoms with E-state index in [0.29, 0.717) is 5.82 Å². The van der Waals surface area contributed by atoms with Gasteiger partial charge in [-0.25, -0.2) is 4.98 Å². The van der Waals surface area contributed by atoms with Crippen molar-refractivity contribution < 1.29 is 9.90 Å². The van der Waals surface area contributed by atoms with Crippen LogP contribution in [-0.2, 0) is 4.79 Å². The van der Waals surface area contributed by atoms with Gasteiger partial charge in [-0.3, -0.25) is 9.89 Å². The first kappa shape index (κ1) is 8.22. The molecule has 5 heteroatoms. The Morgan fingerprint density at radius 2 is 2.46 bits per heavy atom. The van der Waals surface area contributed by atoms with Crippen molar-refractivity contribution in [3.05, 3.63) is 12.2 Å². The molecule has 0 bridgehead atoms. The van der Waals surface area contributed by atoms with E-state index >= 15 is 0 Å². The highest BCUT2D eigenvalue weighted by molar-refractivity contribution is 5.71. The van der Waals surface area contributed by atoms with Gasteiger partial charge in [0.1, 0.15) is 12.2 Å². The lowest BCUT2D eigenvalue weighted by molar-refractivity contribution is -0.142. The Balaban J connectivity index is 2.19. The number of aromatic nitrogens is 3. The third-order valence-electron chi connectivity index (χ3n) is 2.62. The molecule has 1 heterocycles. The molecule has 13 heavy (non-hydrogen) atoms. The molecule has 0 spiro atoms. The predicted octanol–water partition coefficient (Wildman–Crippen LogP) is 0.773. The van der Waals surface area contributed by atoms with Crippen LogP contribution in [0.5, 0.6) is 0 Å². The fraction of sp³-hybridized carbons (Fsp3) is 0.625. The summed E-state index contributed by atoms with van der Waals surface area (Å²) in [6.45, 7) is 0. The summed E-state index contributed by atoms with van der Waals surface area (Å²) >= 11 is 0. The lowest BCUT2D eigenvalue weighted by Gasteiger charge is -2.11. The molecular weight excluding hydrogens is 170 g/mol. The van der Waals surface area contributed by atoms with Gasteiger partial charge in [0.2, 0.25) is 0 Å². The number of aliphatic carboxylic acids is 1. The molecule has 1 aliphatic rings. The average Bonchev–Trinajstić information content (AvgIpc) is 2.74. The number of hydrogen-bond acceptors (Lipinski definition) is 3. The van der Waals surface area contributed by atoms with E-state index in [1.165, 1.54) is 6.33 Å². The minimum Gasteiger partial charge on any atom is -0.481 e. The minimum absolute atomic E-state index is 0.0278. The lowest BCUT2D eigenvalue weighted by atomic mass is 9.96. The van der Waals surface area contributed by atoms with Crippen LogP contribution in [0.25, 0.3) is 0 Å². The highest BCUT2D eigenvalue weighted by Gasteiger charge is 2.35. The molecule has 2 unspecified atom stereocenters. The van der Waals surface area contributed by atoms with Gasteiger partial charge in [0.25, 0.3) is 0 Å². The van der Waals surface area contributed by atoms with Crippen molar-refractivity contribution in [2.24, 2.45) is 5.92 Å². The predicted molar refractivity (Wildman–Crippen MR) is 44.1 cm³/mol. The molecule has 0 aromatic carbocycles. The van der Waals surface area contributed by atoms with Crippen molar-refractivity contribution >= 4 is 5.97 Å². The molecule has 5 nitrogen and oxygen atoms in total. The Hall–Kier alpha value is -1.39. The maximum atomic E-state index is 10.8. The van der Waals surface area contributed by atoms with Crippen LogP contribution in [0.15, 0.2) is 6.33 Å². The zero-order valence-corrected chi connectivity index (χ0v) is 7.10. The van der Waals surface area contributed by atoms with Crippen molar-refractivity contribution in [1.82, 2.24) is 15.2 Å². The van der Waals surface area contributed by atoms with Crippen LogP contribution in [0.4, 0.5) is 0 Å². The molecule has 1 fully saturated rings. The zero-order chi connectivity index (χ0) is 9.26. The monoisotopic (exact) mass is 181 g/mol. The van der Waals surface area contributed by atoms with Crippen molar-refractivity contribution in [2.45, 2.75) is 25.2 Å². The maximum Gasteiger partial charge on any atom is 0.307 e.